The van der Waals surface area contributed by atoms with Gasteiger partial charge in [-0.2, -0.15) is 0 Å². The molecule has 1 unspecified atom stereocenters. The molecule has 3 N–H and O–H groups in total. The van der Waals surface area contributed by atoms with Gasteiger partial charge < -0.3 is 15.5 Å². The topological polar surface area (TPSA) is 52.5 Å². The monoisotopic (exact) mass is 147 g/mol. The summed E-state index contributed by atoms with van der Waals surface area (Å²) in [5.41, 5.74) is 0. The van der Waals surface area contributed by atoms with Crippen LogP contribution in [0.2, 0.25) is 0 Å². The highest BCUT2D eigenvalue weighted by molar-refractivity contribution is 4.66. The van der Waals surface area contributed by atoms with Crippen LogP contribution in [0.1, 0.15) is 12.8 Å². The minimum atomic E-state index is 0.354. The molecule has 0 aromatic heterocycles. The van der Waals surface area contributed by atoms with Gasteiger partial charge in [-0.3, -0.25) is 0 Å². The van der Waals surface area contributed by atoms with E-state index in [9.17, 15) is 0 Å². The molecule has 3 heteroatoms. The summed E-state index contributed by atoms with van der Waals surface area (Å²) in [7, 11) is 1.00. The highest BCUT2D eigenvalue weighted by atomic mass is 16.3. The standard InChI is InChI=1S/C6H13NO.CH4O/c8-5-6-2-1-3-7-4-6;1-2/h6-8H,1-5H2;2H,1H3. The molecule has 0 aliphatic carbocycles. The SMILES string of the molecule is CO.OCC1CCCNC1. The molecule has 1 atom stereocenters. The molecule has 10 heavy (non-hydrogen) atoms. The lowest BCUT2D eigenvalue weighted by Crippen LogP contribution is -2.31. The van der Waals surface area contributed by atoms with Crippen LogP contribution in [0.15, 0.2) is 0 Å². The summed E-state index contributed by atoms with van der Waals surface area (Å²) in [6.07, 6.45) is 2.43. The second-order valence-corrected chi connectivity index (χ2v) is 2.39. The van der Waals surface area contributed by atoms with Crippen molar-refractivity contribution in [2.24, 2.45) is 5.92 Å². The van der Waals surface area contributed by atoms with E-state index in [0.29, 0.717) is 12.5 Å². The van der Waals surface area contributed by atoms with E-state index < -0.39 is 0 Å². The van der Waals surface area contributed by atoms with E-state index in [1.165, 1.54) is 12.8 Å². The molecule has 0 radical (unpaired) electrons. The zero-order chi connectivity index (χ0) is 7.82. The molecule has 0 bridgehead atoms. The number of rotatable bonds is 1. The average Bonchev–Trinajstić information content (AvgIpc) is 2.10. The minimum absolute atomic E-state index is 0.354. The fourth-order valence-corrected chi connectivity index (χ4v) is 1.08. The van der Waals surface area contributed by atoms with Crippen molar-refractivity contribution in [3.8, 4) is 0 Å². The summed E-state index contributed by atoms with van der Waals surface area (Å²) in [5, 5.41) is 18.9. The Morgan fingerprint density at radius 3 is 2.50 bits per heavy atom. The molecule has 0 amide bonds. The van der Waals surface area contributed by atoms with Crippen molar-refractivity contribution in [3.63, 3.8) is 0 Å². The molecule has 62 valence electrons. The van der Waals surface area contributed by atoms with Gasteiger partial charge in [0.1, 0.15) is 0 Å². The van der Waals surface area contributed by atoms with Crippen LogP contribution in [-0.2, 0) is 0 Å². The van der Waals surface area contributed by atoms with Crippen LogP contribution < -0.4 is 5.32 Å². The molecule has 1 saturated heterocycles. The number of aliphatic hydroxyl groups excluding tert-OH is 2. The Morgan fingerprint density at radius 1 is 1.50 bits per heavy atom. The van der Waals surface area contributed by atoms with Gasteiger partial charge in [-0.05, 0) is 25.3 Å². The van der Waals surface area contributed by atoms with Gasteiger partial charge in [0, 0.05) is 20.3 Å². The molecule has 0 aromatic carbocycles. The molecule has 0 aromatic rings. The van der Waals surface area contributed by atoms with Crippen molar-refractivity contribution in [1.29, 1.82) is 0 Å². The van der Waals surface area contributed by atoms with E-state index in [0.717, 1.165) is 20.2 Å². The Balaban J connectivity index is 0.000000371. The fourth-order valence-electron chi connectivity index (χ4n) is 1.08. The van der Waals surface area contributed by atoms with Crippen molar-refractivity contribution in [2.45, 2.75) is 12.8 Å². The Bertz CT molecular complexity index is 62.6. The van der Waals surface area contributed by atoms with Gasteiger partial charge in [0.25, 0.3) is 0 Å². The summed E-state index contributed by atoms with van der Waals surface area (Å²) in [4.78, 5) is 0. The Kier molecular flexibility index (Phi) is 6.91. The lowest BCUT2D eigenvalue weighted by molar-refractivity contribution is 0.199. The van der Waals surface area contributed by atoms with E-state index in [4.69, 9.17) is 10.2 Å². The largest absolute Gasteiger partial charge is 0.400 e. The molecular weight excluding hydrogens is 130 g/mol. The summed E-state index contributed by atoms with van der Waals surface area (Å²) in [6, 6.07) is 0. The van der Waals surface area contributed by atoms with Gasteiger partial charge in [-0.25, -0.2) is 0 Å². The third kappa shape index (κ3) is 3.82. The summed E-state index contributed by atoms with van der Waals surface area (Å²) in [5.74, 6) is 0.531. The number of hydrogen-bond acceptors (Lipinski definition) is 3. The number of nitrogens with one attached hydrogen (secondary N) is 1. The van der Waals surface area contributed by atoms with Crippen LogP contribution in [-0.4, -0.2) is 37.0 Å². The molecular formula is C7H17NO2. The highest BCUT2D eigenvalue weighted by Gasteiger charge is 2.09. The third-order valence-corrected chi connectivity index (χ3v) is 1.66. The molecule has 1 rings (SSSR count). The van der Waals surface area contributed by atoms with Gasteiger partial charge in [-0.15, -0.1) is 0 Å². The van der Waals surface area contributed by atoms with E-state index >= 15 is 0 Å². The maximum absolute atomic E-state index is 8.65. The Hall–Kier alpha value is -0.120. The van der Waals surface area contributed by atoms with Crippen LogP contribution in [0.4, 0.5) is 0 Å². The first-order chi connectivity index (χ1) is 4.93. The molecule has 1 aliphatic heterocycles. The second kappa shape index (κ2) is 6.99. The average molecular weight is 147 g/mol. The van der Waals surface area contributed by atoms with Crippen molar-refractivity contribution >= 4 is 0 Å². The van der Waals surface area contributed by atoms with E-state index in [-0.39, 0.29) is 0 Å². The minimum Gasteiger partial charge on any atom is -0.400 e. The lowest BCUT2D eigenvalue weighted by Gasteiger charge is -2.19. The summed E-state index contributed by atoms with van der Waals surface area (Å²) >= 11 is 0. The number of aliphatic hydroxyl groups is 2. The molecule has 3 nitrogen and oxygen atoms in total. The smallest absolute Gasteiger partial charge is 0.0471 e. The second-order valence-electron chi connectivity index (χ2n) is 2.39. The highest BCUT2D eigenvalue weighted by Crippen LogP contribution is 2.07. The van der Waals surface area contributed by atoms with Crippen LogP contribution in [0, 0.1) is 5.92 Å². The first kappa shape index (κ1) is 9.88. The van der Waals surface area contributed by atoms with Gasteiger partial charge in [0.05, 0.1) is 0 Å². The predicted molar refractivity (Wildman–Crippen MR) is 40.8 cm³/mol. The van der Waals surface area contributed by atoms with Crippen LogP contribution >= 0.6 is 0 Å². The number of piperidine rings is 1. The maximum atomic E-state index is 8.65. The Labute approximate surface area is 62.1 Å². The van der Waals surface area contributed by atoms with E-state index in [2.05, 4.69) is 5.32 Å². The summed E-state index contributed by atoms with van der Waals surface area (Å²) < 4.78 is 0. The molecule has 1 fully saturated rings. The lowest BCUT2D eigenvalue weighted by atomic mass is 10.0. The van der Waals surface area contributed by atoms with Gasteiger partial charge >= 0.3 is 0 Å². The van der Waals surface area contributed by atoms with E-state index in [1.54, 1.807) is 0 Å². The first-order valence-electron chi connectivity index (χ1n) is 3.70. The number of hydrogen-bond donors (Lipinski definition) is 3. The van der Waals surface area contributed by atoms with Crippen LogP contribution in [0.3, 0.4) is 0 Å². The van der Waals surface area contributed by atoms with Crippen LogP contribution in [0.5, 0.6) is 0 Å². The fraction of sp³-hybridized carbons (Fsp3) is 1.00. The maximum Gasteiger partial charge on any atom is 0.0471 e. The third-order valence-electron chi connectivity index (χ3n) is 1.66. The normalized spacial score (nSPS) is 24.9. The Morgan fingerprint density at radius 2 is 2.20 bits per heavy atom. The molecule has 1 heterocycles. The zero-order valence-electron chi connectivity index (χ0n) is 6.51. The first-order valence-corrected chi connectivity index (χ1v) is 3.70. The molecule has 0 spiro atoms. The van der Waals surface area contributed by atoms with Crippen molar-refractivity contribution < 1.29 is 10.2 Å². The zero-order valence-corrected chi connectivity index (χ0v) is 6.51. The summed E-state index contributed by atoms with van der Waals surface area (Å²) in [6.45, 7) is 2.50. The predicted octanol–water partition coefficient (Wildman–Crippen LogP) is -0.413. The van der Waals surface area contributed by atoms with E-state index in [1.807, 2.05) is 0 Å². The van der Waals surface area contributed by atoms with Crippen molar-refractivity contribution in [3.05, 3.63) is 0 Å². The van der Waals surface area contributed by atoms with Crippen molar-refractivity contribution in [1.82, 2.24) is 5.32 Å². The molecule has 0 saturated carbocycles. The molecule has 1 aliphatic rings. The van der Waals surface area contributed by atoms with Gasteiger partial charge in [-0.1, -0.05) is 0 Å². The van der Waals surface area contributed by atoms with Crippen LogP contribution in [0.25, 0.3) is 0 Å². The van der Waals surface area contributed by atoms with Crippen molar-refractivity contribution in [2.75, 3.05) is 26.8 Å². The van der Waals surface area contributed by atoms with Gasteiger partial charge in [0.2, 0.25) is 0 Å². The van der Waals surface area contributed by atoms with Gasteiger partial charge in [0.15, 0.2) is 0 Å². The quantitative estimate of drug-likeness (QED) is 0.472.